The molecule has 1 aromatic rings. The van der Waals surface area contributed by atoms with E-state index in [-0.39, 0.29) is 11.2 Å². The van der Waals surface area contributed by atoms with E-state index < -0.39 is 4.92 Å². The van der Waals surface area contributed by atoms with Crippen LogP contribution in [0.1, 0.15) is 19.8 Å². The van der Waals surface area contributed by atoms with Gasteiger partial charge in [0.2, 0.25) is 5.82 Å². The summed E-state index contributed by atoms with van der Waals surface area (Å²) in [5.41, 5.74) is -0.0862. The third-order valence-electron chi connectivity index (χ3n) is 3.13. The van der Waals surface area contributed by atoms with Gasteiger partial charge in [-0.2, -0.15) is 0 Å². The van der Waals surface area contributed by atoms with Crippen LogP contribution < -0.4 is 10.6 Å². The normalized spacial score (nSPS) is 18.9. The van der Waals surface area contributed by atoms with Gasteiger partial charge in [-0.05, 0) is 32.9 Å². The van der Waals surface area contributed by atoms with Crippen molar-refractivity contribution >= 4 is 11.5 Å². The average molecular weight is 239 g/mol. The van der Waals surface area contributed by atoms with Crippen molar-refractivity contribution in [1.29, 1.82) is 0 Å². The van der Waals surface area contributed by atoms with E-state index in [0.29, 0.717) is 5.82 Å². The summed E-state index contributed by atoms with van der Waals surface area (Å²) in [5, 5.41) is 21.5. The first kappa shape index (κ1) is 11.8. The topological polar surface area (TPSA) is 85.0 Å². The molecule has 0 atom stereocenters. The van der Waals surface area contributed by atoms with E-state index in [9.17, 15) is 10.1 Å². The maximum Gasteiger partial charge on any atom is 0.330 e. The molecule has 94 valence electrons. The Hall–Kier alpha value is -1.63. The molecule has 0 unspecified atom stereocenters. The van der Waals surface area contributed by atoms with Gasteiger partial charge >= 0.3 is 5.69 Å². The predicted molar refractivity (Wildman–Crippen MR) is 64.0 cm³/mol. The van der Waals surface area contributed by atoms with Crippen LogP contribution in [0, 0.1) is 10.1 Å². The molecule has 0 aliphatic carbocycles. The first-order valence-corrected chi connectivity index (χ1v) is 5.67. The molecule has 17 heavy (non-hydrogen) atoms. The van der Waals surface area contributed by atoms with Crippen LogP contribution in [0.25, 0.3) is 0 Å². The van der Waals surface area contributed by atoms with Crippen molar-refractivity contribution in [2.24, 2.45) is 7.05 Å². The molecule has 0 saturated carbocycles. The van der Waals surface area contributed by atoms with Crippen LogP contribution in [0.5, 0.6) is 0 Å². The lowest BCUT2D eigenvalue weighted by molar-refractivity contribution is -0.384. The van der Waals surface area contributed by atoms with Crippen LogP contribution in [-0.4, -0.2) is 33.3 Å². The summed E-state index contributed by atoms with van der Waals surface area (Å²) < 4.78 is 1.46. The first-order valence-electron chi connectivity index (χ1n) is 5.67. The Labute approximate surface area is 99.3 Å². The minimum Gasteiger partial charge on any atom is -0.358 e. The molecule has 7 heteroatoms. The lowest BCUT2D eigenvalue weighted by Crippen LogP contribution is -2.45. The fraction of sp³-hybridized carbons (Fsp3) is 0.700. The smallest absolute Gasteiger partial charge is 0.330 e. The van der Waals surface area contributed by atoms with E-state index in [1.807, 2.05) is 0 Å². The minimum absolute atomic E-state index is 0.0345. The Morgan fingerprint density at radius 2 is 2.24 bits per heavy atom. The van der Waals surface area contributed by atoms with Crippen molar-refractivity contribution in [3.8, 4) is 0 Å². The summed E-state index contributed by atoms with van der Waals surface area (Å²) in [6.45, 7) is 3.92. The quantitative estimate of drug-likeness (QED) is 0.604. The van der Waals surface area contributed by atoms with E-state index in [2.05, 4.69) is 22.7 Å². The Morgan fingerprint density at radius 1 is 1.59 bits per heavy atom. The van der Waals surface area contributed by atoms with Gasteiger partial charge in [0.25, 0.3) is 0 Å². The Morgan fingerprint density at radius 3 is 2.82 bits per heavy atom. The summed E-state index contributed by atoms with van der Waals surface area (Å²) in [7, 11) is 1.68. The van der Waals surface area contributed by atoms with Crippen LogP contribution in [0.3, 0.4) is 0 Å². The fourth-order valence-corrected chi connectivity index (χ4v) is 2.09. The van der Waals surface area contributed by atoms with Gasteiger partial charge in [-0.15, -0.1) is 5.10 Å². The van der Waals surface area contributed by atoms with E-state index >= 15 is 0 Å². The number of nitrogens with one attached hydrogen (secondary N) is 2. The zero-order valence-corrected chi connectivity index (χ0v) is 10.1. The number of nitrogens with zero attached hydrogens (tertiary/aromatic N) is 3. The highest BCUT2D eigenvalue weighted by Gasteiger charge is 2.30. The molecular weight excluding hydrogens is 222 g/mol. The highest BCUT2D eigenvalue weighted by atomic mass is 16.6. The number of rotatable bonds is 3. The molecule has 1 saturated heterocycles. The second-order valence-electron chi connectivity index (χ2n) is 4.73. The van der Waals surface area contributed by atoms with E-state index in [0.717, 1.165) is 25.9 Å². The molecule has 2 heterocycles. The van der Waals surface area contributed by atoms with Crippen LogP contribution in [0.15, 0.2) is 6.20 Å². The Balaban J connectivity index is 2.19. The molecule has 0 spiro atoms. The molecule has 0 bridgehead atoms. The Bertz CT molecular complexity index is 422. The summed E-state index contributed by atoms with van der Waals surface area (Å²) in [6, 6.07) is 0. The third-order valence-corrected chi connectivity index (χ3v) is 3.13. The maximum atomic E-state index is 10.9. The van der Waals surface area contributed by atoms with Gasteiger partial charge in [0.1, 0.15) is 6.20 Å². The molecule has 1 fully saturated rings. The number of aryl methyl sites for hydroxylation is 1. The van der Waals surface area contributed by atoms with E-state index in [1.165, 1.54) is 10.9 Å². The summed E-state index contributed by atoms with van der Waals surface area (Å²) in [5.74, 6) is 0.363. The van der Waals surface area contributed by atoms with Gasteiger partial charge < -0.3 is 10.6 Å². The standard InChI is InChI=1S/C10H17N5O2/c1-10(3-5-11-6-4-10)12-9-8(15(16)17)7-14(2)13-9/h7,11H,3-6H2,1-2H3,(H,12,13). The number of nitro groups is 1. The number of anilines is 1. The molecule has 2 N–H and O–H groups in total. The number of hydrogen-bond donors (Lipinski definition) is 2. The highest BCUT2D eigenvalue weighted by Crippen LogP contribution is 2.28. The monoisotopic (exact) mass is 239 g/mol. The van der Waals surface area contributed by atoms with E-state index in [4.69, 9.17) is 0 Å². The maximum absolute atomic E-state index is 10.9. The molecule has 0 amide bonds. The zero-order chi connectivity index (χ0) is 12.5. The molecule has 0 aromatic carbocycles. The molecule has 7 nitrogen and oxygen atoms in total. The largest absolute Gasteiger partial charge is 0.358 e. The van der Waals surface area contributed by atoms with Crippen LogP contribution in [0.2, 0.25) is 0 Å². The van der Waals surface area contributed by atoms with Crippen molar-refractivity contribution in [2.45, 2.75) is 25.3 Å². The second kappa shape index (κ2) is 4.33. The minimum atomic E-state index is -0.403. The summed E-state index contributed by atoms with van der Waals surface area (Å²) >= 11 is 0. The van der Waals surface area contributed by atoms with Crippen molar-refractivity contribution < 1.29 is 4.92 Å². The molecule has 1 aromatic heterocycles. The predicted octanol–water partition coefficient (Wildman–Crippen LogP) is 0.882. The molecule has 2 rings (SSSR count). The Kier molecular flexibility index (Phi) is 3.01. The number of hydrogen-bond acceptors (Lipinski definition) is 5. The highest BCUT2D eigenvalue weighted by molar-refractivity contribution is 5.56. The van der Waals surface area contributed by atoms with Crippen molar-refractivity contribution in [1.82, 2.24) is 15.1 Å². The van der Waals surface area contributed by atoms with Gasteiger partial charge in [-0.3, -0.25) is 14.8 Å². The molecule has 1 aliphatic rings. The van der Waals surface area contributed by atoms with Gasteiger partial charge in [-0.25, -0.2) is 0 Å². The molecular formula is C10H17N5O2. The summed E-state index contributed by atoms with van der Waals surface area (Å²) in [6.07, 6.45) is 3.29. The van der Waals surface area contributed by atoms with Crippen molar-refractivity contribution in [3.05, 3.63) is 16.3 Å². The summed E-state index contributed by atoms with van der Waals surface area (Å²) in [4.78, 5) is 10.5. The van der Waals surface area contributed by atoms with Crippen molar-refractivity contribution in [3.63, 3.8) is 0 Å². The SMILES string of the molecule is Cn1cc([N+](=O)[O-])c(NC2(C)CCNCC2)n1. The third kappa shape index (κ3) is 2.55. The fourth-order valence-electron chi connectivity index (χ4n) is 2.09. The van der Waals surface area contributed by atoms with Crippen LogP contribution in [-0.2, 0) is 7.05 Å². The van der Waals surface area contributed by atoms with Crippen LogP contribution in [0.4, 0.5) is 11.5 Å². The zero-order valence-electron chi connectivity index (χ0n) is 10.1. The van der Waals surface area contributed by atoms with Crippen LogP contribution >= 0.6 is 0 Å². The van der Waals surface area contributed by atoms with E-state index in [1.54, 1.807) is 7.05 Å². The lowest BCUT2D eigenvalue weighted by Gasteiger charge is -2.34. The van der Waals surface area contributed by atoms with Gasteiger partial charge in [0.15, 0.2) is 0 Å². The average Bonchev–Trinajstić information content (AvgIpc) is 2.59. The van der Waals surface area contributed by atoms with Gasteiger partial charge in [0.05, 0.1) is 4.92 Å². The number of aromatic nitrogens is 2. The van der Waals surface area contributed by atoms with Crippen molar-refractivity contribution in [2.75, 3.05) is 18.4 Å². The molecule has 1 aliphatic heterocycles. The lowest BCUT2D eigenvalue weighted by atomic mass is 9.90. The van der Waals surface area contributed by atoms with Gasteiger partial charge in [0, 0.05) is 12.6 Å². The second-order valence-corrected chi connectivity index (χ2v) is 4.73. The number of piperidine rings is 1. The van der Waals surface area contributed by atoms with Gasteiger partial charge in [-0.1, -0.05) is 0 Å². The molecule has 0 radical (unpaired) electrons. The first-order chi connectivity index (χ1) is 8.00.